The van der Waals surface area contributed by atoms with E-state index in [4.69, 9.17) is 10.5 Å². The Bertz CT molecular complexity index is 626. The fourth-order valence-electron chi connectivity index (χ4n) is 1.98. The average Bonchev–Trinajstić information content (AvgIpc) is 2.43. The lowest BCUT2D eigenvalue weighted by atomic mass is 9.98. The van der Waals surface area contributed by atoms with Gasteiger partial charge in [0.15, 0.2) is 6.10 Å². The van der Waals surface area contributed by atoms with Crippen LogP contribution in [-0.2, 0) is 25.5 Å². The predicted octanol–water partition coefficient (Wildman–Crippen LogP) is -0.372. The van der Waals surface area contributed by atoms with Gasteiger partial charge in [0.25, 0.3) is 11.8 Å². The molecule has 0 bridgehead atoms. The van der Waals surface area contributed by atoms with Gasteiger partial charge in [-0.1, -0.05) is 18.2 Å². The minimum Gasteiger partial charge on any atom is -0.451 e. The molecule has 2 rings (SSSR count). The second-order valence-electron chi connectivity index (χ2n) is 4.65. The zero-order chi connectivity index (χ0) is 15.6. The number of hydrogen-bond acceptors (Lipinski definition) is 5. The van der Waals surface area contributed by atoms with Crippen molar-refractivity contribution in [3.8, 4) is 0 Å². The molecule has 21 heavy (non-hydrogen) atoms. The molecule has 1 heterocycles. The maximum atomic E-state index is 12.2. The second-order valence-corrected chi connectivity index (χ2v) is 4.65. The molecule has 0 fully saturated rings. The molecule has 0 unspecified atom stereocenters. The van der Waals surface area contributed by atoms with Crippen molar-refractivity contribution >= 4 is 23.7 Å². The Morgan fingerprint density at radius 3 is 2.67 bits per heavy atom. The van der Waals surface area contributed by atoms with Crippen molar-refractivity contribution in [2.75, 3.05) is 6.54 Å². The Morgan fingerprint density at radius 1 is 1.33 bits per heavy atom. The van der Waals surface area contributed by atoms with Crippen molar-refractivity contribution in [1.82, 2.24) is 4.90 Å². The van der Waals surface area contributed by atoms with Gasteiger partial charge >= 0.3 is 5.97 Å². The quantitative estimate of drug-likeness (QED) is 0.601. The van der Waals surface area contributed by atoms with Gasteiger partial charge in [-0.3, -0.25) is 24.1 Å². The van der Waals surface area contributed by atoms with Crippen LogP contribution in [0.3, 0.4) is 0 Å². The van der Waals surface area contributed by atoms with Gasteiger partial charge < -0.3 is 10.5 Å². The summed E-state index contributed by atoms with van der Waals surface area (Å²) < 4.78 is 4.74. The van der Waals surface area contributed by atoms with E-state index < -0.39 is 36.3 Å². The van der Waals surface area contributed by atoms with Crippen molar-refractivity contribution in [1.29, 1.82) is 0 Å². The number of nitrogens with two attached hydrogens (primary N) is 1. The van der Waals surface area contributed by atoms with Crippen LogP contribution < -0.4 is 5.73 Å². The summed E-state index contributed by atoms with van der Waals surface area (Å²) in [7, 11) is 0. The Hall–Kier alpha value is -2.70. The van der Waals surface area contributed by atoms with Crippen LogP contribution in [0.25, 0.3) is 0 Å². The molecule has 1 aromatic carbocycles. The van der Waals surface area contributed by atoms with Crippen molar-refractivity contribution in [3.63, 3.8) is 0 Å². The van der Waals surface area contributed by atoms with E-state index in [1.165, 1.54) is 6.92 Å². The van der Waals surface area contributed by atoms with E-state index in [-0.39, 0.29) is 6.42 Å². The molecular weight excluding hydrogens is 276 g/mol. The maximum absolute atomic E-state index is 12.2. The molecule has 0 radical (unpaired) electrons. The van der Waals surface area contributed by atoms with Crippen LogP contribution in [0, 0.1) is 0 Å². The summed E-state index contributed by atoms with van der Waals surface area (Å²) in [5.41, 5.74) is 5.98. The van der Waals surface area contributed by atoms with Gasteiger partial charge in [-0.15, -0.1) is 0 Å². The Kier molecular flexibility index (Phi) is 4.02. The van der Waals surface area contributed by atoms with Gasteiger partial charge in [-0.05, 0) is 18.6 Å². The normalized spacial score (nSPS) is 15.4. The van der Waals surface area contributed by atoms with Crippen LogP contribution in [0.15, 0.2) is 24.3 Å². The SMILES string of the molecule is C[C@H](OC(=O)CN1C(=O)Cc2ccccc2C1=O)C(N)=O. The summed E-state index contributed by atoms with van der Waals surface area (Å²) in [5.74, 6) is -2.69. The molecule has 0 spiro atoms. The molecule has 0 aliphatic carbocycles. The summed E-state index contributed by atoms with van der Waals surface area (Å²) in [5, 5.41) is 0. The van der Waals surface area contributed by atoms with Crippen LogP contribution in [0.4, 0.5) is 0 Å². The highest BCUT2D eigenvalue weighted by Crippen LogP contribution is 2.19. The monoisotopic (exact) mass is 290 g/mol. The summed E-state index contributed by atoms with van der Waals surface area (Å²) in [6.07, 6.45) is -1.07. The number of rotatable bonds is 4. The molecule has 0 aromatic heterocycles. The van der Waals surface area contributed by atoms with E-state index in [0.717, 1.165) is 4.90 Å². The van der Waals surface area contributed by atoms with Gasteiger partial charge in [0.2, 0.25) is 5.91 Å². The number of amides is 3. The predicted molar refractivity (Wildman–Crippen MR) is 70.9 cm³/mol. The molecule has 110 valence electrons. The van der Waals surface area contributed by atoms with E-state index >= 15 is 0 Å². The number of ether oxygens (including phenoxy) is 1. The highest BCUT2D eigenvalue weighted by Gasteiger charge is 2.32. The largest absolute Gasteiger partial charge is 0.451 e. The standard InChI is InChI=1S/C14H14N2O5/c1-8(13(15)19)21-12(18)7-16-11(17)6-9-4-2-3-5-10(9)14(16)20/h2-5,8H,6-7H2,1H3,(H2,15,19)/t8-/m0/s1. The molecule has 1 aliphatic heterocycles. The lowest BCUT2D eigenvalue weighted by Gasteiger charge is -2.26. The number of hydrogen-bond donors (Lipinski definition) is 1. The summed E-state index contributed by atoms with van der Waals surface area (Å²) >= 11 is 0. The Labute approximate surface area is 120 Å². The van der Waals surface area contributed by atoms with Gasteiger partial charge in [0.05, 0.1) is 6.42 Å². The van der Waals surface area contributed by atoms with Crippen LogP contribution in [0.5, 0.6) is 0 Å². The number of benzene rings is 1. The fraction of sp³-hybridized carbons (Fsp3) is 0.286. The molecule has 1 atom stereocenters. The first-order valence-electron chi connectivity index (χ1n) is 6.31. The Balaban J connectivity index is 2.11. The number of primary amides is 1. The van der Waals surface area contributed by atoms with Gasteiger partial charge in [0.1, 0.15) is 6.54 Å². The first-order chi connectivity index (χ1) is 9.90. The summed E-state index contributed by atoms with van der Waals surface area (Å²) in [6, 6.07) is 6.69. The summed E-state index contributed by atoms with van der Waals surface area (Å²) in [6.45, 7) is 0.777. The lowest BCUT2D eigenvalue weighted by Crippen LogP contribution is -2.46. The third-order valence-electron chi connectivity index (χ3n) is 3.13. The van der Waals surface area contributed by atoms with Crippen molar-refractivity contribution in [2.24, 2.45) is 5.73 Å². The van der Waals surface area contributed by atoms with Gasteiger partial charge in [-0.2, -0.15) is 0 Å². The molecule has 7 nitrogen and oxygen atoms in total. The third-order valence-corrected chi connectivity index (χ3v) is 3.13. The van der Waals surface area contributed by atoms with Crippen LogP contribution >= 0.6 is 0 Å². The highest BCUT2D eigenvalue weighted by molar-refractivity contribution is 6.11. The first kappa shape index (κ1) is 14.7. The maximum Gasteiger partial charge on any atom is 0.326 e. The van der Waals surface area contributed by atoms with E-state index in [9.17, 15) is 19.2 Å². The van der Waals surface area contributed by atoms with E-state index in [0.29, 0.717) is 11.1 Å². The van der Waals surface area contributed by atoms with Crippen LogP contribution in [-0.4, -0.2) is 41.2 Å². The third kappa shape index (κ3) is 3.07. The van der Waals surface area contributed by atoms with Gasteiger partial charge in [-0.25, -0.2) is 0 Å². The second kappa shape index (κ2) is 5.74. The van der Waals surface area contributed by atoms with Crippen LogP contribution in [0.1, 0.15) is 22.8 Å². The lowest BCUT2D eigenvalue weighted by molar-refractivity contribution is -0.156. The molecule has 1 aliphatic rings. The van der Waals surface area contributed by atoms with Crippen LogP contribution in [0.2, 0.25) is 0 Å². The first-order valence-corrected chi connectivity index (χ1v) is 6.31. The molecule has 2 N–H and O–H groups in total. The smallest absolute Gasteiger partial charge is 0.326 e. The van der Waals surface area contributed by atoms with E-state index in [2.05, 4.69) is 0 Å². The van der Waals surface area contributed by atoms with Crippen molar-refractivity contribution in [2.45, 2.75) is 19.4 Å². The summed E-state index contributed by atoms with van der Waals surface area (Å²) in [4.78, 5) is 47.4. The average molecular weight is 290 g/mol. The number of carbonyl (C=O) groups excluding carboxylic acids is 4. The molecule has 1 aromatic rings. The topological polar surface area (TPSA) is 107 Å². The number of nitrogens with zero attached hydrogens (tertiary/aromatic N) is 1. The van der Waals surface area contributed by atoms with Crippen molar-refractivity contribution in [3.05, 3.63) is 35.4 Å². The zero-order valence-electron chi connectivity index (χ0n) is 11.4. The number of carbonyl (C=O) groups is 4. The zero-order valence-corrected chi connectivity index (χ0v) is 11.4. The minimum atomic E-state index is -1.11. The number of esters is 1. The fourth-order valence-corrected chi connectivity index (χ4v) is 1.98. The van der Waals surface area contributed by atoms with E-state index in [1.54, 1.807) is 24.3 Å². The van der Waals surface area contributed by atoms with Gasteiger partial charge in [0, 0.05) is 5.56 Å². The molecule has 0 saturated carbocycles. The number of fused-ring (bicyclic) bond motifs is 1. The Morgan fingerprint density at radius 2 is 2.00 bits per heavy atom. The molecule has 3 amide bonds. The van der Waals surface area contributed by atoms with E-state index in [1.807, 2.05) is 0 Å². The minimum absolute atomic E-state index is 0.0422. The molecular formula is C14H14N2O5. The highest BCUT2D eigenvalue weighted by atomic mass is 16.5. The number of imide groups is 1. The van der Waals surface area contributed by atoms with Crippen molar-refractivity contribution < 1.29 is 23.9 Å². The molecule has 0 saturated heterocycles. The molecule has 7 heteroatoms.